The number of halogens is 1. The van der Waals surface area contributed by atoms with Crippen molar-refractivity contribution in [3.8, 4) is 0 Å². The Labute approximate surface area is 101 Å². The molecule has 0 bridgehead atoms. The zero-order valence-corrected chi connectivity index (χ0v) is 10.8. The van der Waals surface area contributed by atoms with Gasteiger partial charge < -0.3 is 10.2 Å². The van der Waals surface area contributed by atoms with Gasteiger partial charge in [0, 0.05) is 19.5 Å². The number of likely N-dealkylation sites (tertiary alicyclic amines) is 1. The summed E-state index contributed by atoms with van der Waals surface area (Å²) in [5.41, 5.74) is -0.599. The van der Waals surface area contributed by atoms with Crippen LogP contribution in [0.4, 0.5) is 0 Å². The van der Waals surface area contributed by atoms with Crippen LogP contribution < -0.4 is 5.32 Å². The van der Waals surface area contributed by atoms with Crippen molar-refractivity contribution in [2.75, 3.05) is 19.5 Å². The molecule has 1 unspecified atom stereocenters. The van der Waals surface area contributed by atoms with Gasteiger partial charge >= 0.3 is 0 Å². The zero-order chi connectivity index (χ0) is 12.3. The summed E-state index contributed by atoms with van der Waals surface area (Å²) in [4.78, 5) is 25.5. The molecule has 0 aliphatic carbocycles. The van der Waals surface area contributed by atoms with Crippen LogP contribution in [0.25, 0.3) is 0 Å². The number of carbonyl (C=O) groups is 2. The van der Waals surface area contributed by atoms with Crippen LogP contribution >= 0.6 is 11.6 Å². The zero-order valence-electron chi connectivity index (χ0n) is 10.0. The Bertz CT molecular complexity index is 292. The highest BCUT2D eigenvalue weighted by atomic mass is 35.5. The minimum atomic E-state index is -0.599. The van der Waals surface area contributed by atoms with E-state index in [1.54, 1.807) is 11.9 Å². The number of carbonyl (C=O) groups excluding carboxylic acids is 2. The van der Waals surface area contributed by atoms with Gasteiger partial charge in [-0.05, 0) is 26.7 Å². The Balaban J connectivity index is 2.79. The molecule has 4 nitrogen and oxygen atoms in total. The Morgan fingerprint density at radius 2 is 2.12 bits per heavy atom. The van der Waals surface area contributed by atoms with Gasteiger partial charge in [0.05, 0.1) is 5.41 Å². The number of amides is 2. The summed E-state index contributed by atoms with van der Waals surface area (Å²) in [6.45, 7) is 4.26. The van der Waals surface area contributed by atoms with Crippen molar-refractivity contribution in [2.45, 2.75) is 32.7 Å². The maximum Gasteiger partial charge on any atom is 0.242 e. The van der Waals surface area contributed by atoms with Gasteiger partial charge in [0.15, 0.2) is 0 Å². The second-order valence-corrected chi connectivity index (χ2v) is 5.06. The fourth-order valence-corrected chi connectivity index (χ4v) is 2.01. The average molecular weight is 247 g/mol. The molecule has 92 valence electrons. The first-order valence-electron chi connectivity index (χ1n) is 5.52. The van der Waals surface area contributed by atoms with E-state index in [2.05, 4.69) is 5.32 Å². The molecule has 2 amide bonds. The van der Waals surface area contributed by atoms with E-state index in [4.69, 9.17) is 11.6 Å². The average Bonchev–Trinajstić information content (AvgIpc) is 2.75. The second-order valence-electron chi connectivity index (χ2n) is 4.79. The Morgan fingerprint density at radius 1 is 1.50 bits per heavy atom. The second kappa shape index (κ2) is 5.04. The molecule has 1 saturated heterocycles. The molecule has 0 spiro atoms. The highest BCUT2D eigenvalue weighted by Crippen LogP contribution is 2.26. The number of alkyl halides is 1. The van der Waals surface area contributed by atoms with Crippen molar-refractivity contribution >= 4 is 23.4 Å². The van der Waals surface area contributed by atoms with E-state index in [0.717, 1.165) is 12.8 Å². The van der Waals surface area contributed by atoms with E-state index in [0.29, 0.717) is 6.54 Å². The maximum absolute atomic E-state index is 12.2. The molecule has 1 aliphatic rings. The number of hydrogen-bond acceptors (Lipinski definition) is 2. The lowest BCUT2D eigenvalue weighted by Gasteiger charge is -2.31. The lowest BCUT2D eigenvalue weighted by atomic mass is 9.94. The van der Waals surface area contributed by atoms with Gasteiger partial charge in [-0.3, -0.25) is 9.59 Å². The van der Waals surface area contributed by atoms with Crippen molar-refractivity contribution in [2.24, 2.45) is 5.41 Å². The van der Waals surface area contributed by atoms with E-state index in [1.165, 1.54) is 0 Å². The van der Waals surface area contributed by atoms with Gasteiger partial charge in [0.25, 0.3) is 0 Å². The van der Waals surface area contributed by atoms with Crippen LogP contribution in [0.2, 0.25) is 0 Å². The number of nitrogens with one attached hydrogen (secondary N) is 1. The van der Waals surface area contributed by atoms with Gasteiger partial charge in [-0.25, -0.2) is 0 Å². The molecular weight excluding hydrogens is 228 g/mol. The summed E-state index contributed by atoms with van der Waals surface area (Å²) >= 11 is 5.78. The molecule has 1 heterocycles. The fraction of sp³-hybridized carbons (Fsp3) is 0.818. The topological polar surface area (TPSA) is 49.4 Å². The largest absolute Gasteiger partial charge is 0.357 e. The van der Waals surface area contributed by atoms with E-state index < -0.39 is 5.41 Å². The summed E-state index contributed by atoms with van der Waals surface area (Å²) in [5, 5.41) is 2.60. The molecule has 0 aromatic heterocycles. The highest BCUT2D eigenvalue weighted by molar-refractivity contribution is 6.19. The third-order valence-electron chi connectivity index (χ3n) is 2.98. The van der Waals surface area contributed by atoms with Gasteiger partial charge in [0.1, 0.15) is 6.04 Å². The SMILES string of the molecule is CNC(=O)C1CCCN1C(=O)C(C)(C)CCl. The summed E-state index contributed by atoms with van der Waals surface area (Å²) in [5.74, 6) is 0.146. The van der Waals surface area contributed by atoms with Gasteiger partial charge in [-0.2, -0.15) is 0 Å². The summed E-state index contributed by atoms with van der Waals surface area (Å²) in [6, 6.07) is -0.319. The van der Waals surface area contributed by atoms with Crippen molar-refractivity contribution < 1.29 is 9.59 Å². The third kappa shape index (κ3) is 2.48. The minimum Gasteiger partial charge on any atom is -0.357 e. The van der Waals surface area contributed by atoms with E-state index in [-0.39, 0.29) is 23.7 Å². The number of likely N-dealkylation sites (N-methyl/N-ethyl adjacent to an activating group) is 1. The van der Waals surface area contributed by atoms with Gasteiger partial charge in [-0.15, -0.1) is 11.6 Å². The summed E-state index contributed by atoms with van der Waals surface area (Å²) in [6.07, 6.45) is 1.62. The lowest BCUT2D eigenvalue weighted by molar-refractivity contribution is -0.144. The molecule has 1 aliphatic heterocycles. The van der Waals surface area contributed by atoms with Crippen molar-refractivity contribution in [3.63, 3.8) is 0 Å². The minimum absolute atomic E-state index is 0.0337. The summed E-state index contributed by atoms with van der Waals surface area (Å²) < 4.78 is 0. The molecule has 1 rings (SSSR count). The Morgan fingerprint density at radius 3 is 2.62 bits per heavy atom. The van der Waals surface area contributed by atoms with Crippen LogP contribution in [-0.2, 0) is 9.59 Å². The number of hydrogen-bond donors (Lipinski definition) is 1. The maximum atomic E-state index is 12.2. The normalized spacial score (nSPS) is 21.0. The Hall–Kier alpha value is -0.770. The smallest absolute Gasteiger partial charge is 0.242 e. The molecule has 1 atom stereocenters. The third-order valence-corrected chi connectivity index (χ3v) is 3.64. The van der Waals surface area contributed by atoms with Crippen LogP contribution in [0.1, 0.15) is 26.7 Å². The van der Waals surface area contributed by atoms with Gasteiger partial charge in [0.2, 0.25) is 11.8 Å². The molecule has 0 saturated carbocycles. The van der Waals surface area contributed by atoms with E-state index >= 15 is 0 Å². The number of nitrogens with zero attached hydrogens (tertiary/aromatic N) is 1. The van der Waals surface area contributed by atoms with Crippen molar-refractivity contribution in [3.05, 3.63) is 0 Å². The monoisotopic (exact) mass is 246 g/mol. The first-order chi connectivity index (χ1) is 7.44. The van der Waals surface area contributed by atoms with Crippen LogP contribution in [-0.4, -0.2) is 42.2 Å². The first-order valence-corrected chi connectivity index (χ1v) is 6.06. The van der Waals surface area contributed by atoms with E-state index in [1.807, 2.05) is 13.8 Å². The van der Waals surface area contributed by atoms with Crippen LogP contribution in [0, 0.1) is 5.41 Å². The van der Waals surface area contributed by atoms with Crippen LogP contribution in [0.15, 0.2) is 0 Å². The lowest BCUT2D eigenvalue weighted by Crippen LogP contribution is -2.49. The first kappa shape index (κ1) is 13.3. The molecule has 0 aromatic rings. The standard InChI is InChI=1S/C11H19ClN2O2/c1-11(2,7-12)10(16)14-6-4-5-8(14)9(15)13-3/h8H,4-7H2,1-3H3,(H,13,15). The van der Waals surface area contributed by atoms with Crippen LogP contribution in [0.5, 0.6) is 0 Å². The van der Waals surface area contributed by atoms with E-state index in [9.17, 15) is 9.59 Å². The summed E-state index contributed by atoms with van der Waals surface area (Å²) in [7, 11) is 1.59. The molecule has 1 fully saturated rings. The van der Waals surface area contributed by atoms with Crippen LogP contribution in [0.3, 0.4) is 0 Å². The Kier molecular flexibility index (Phi) is 4.19. The number of rotatable bonds is 3. The predicted octanol–water partition coefficient (Wildman–Crippen LogP) is 0.988. The molecule has 5 heteroatoms. The predicted molar refractivity (Wildman–Crippen MR) is 63.3 cm³/mol. The quantitative estimate of drug-likeness (QED) is 0.755. The van der Waals surface area contributed by atoms with Crippen molar-refractivity contribution in [1.82, 2.24) is 10.2 Å². The molecular formula is C11H19ClN2O2. The molecule has 16 heavy (non-hydrogen) atoms. The van der Waals surface area contributed by atoms with Gasteiger partial charge in [-0.1, -0.05) is 0 Å². The molecule has 0 aromatic carbocycles. The molecule has 1 N–H and O–H groups in total. The molecule has 0 radical (unpaired) electrons. The highest BCUT2D eigenvalue weighted by Gasteiger charge is 2.39. The van der Waals surface area contributed by atoms with Crippen molar-refractivity contribution in [1.29, 1.82) is 0 Å². The fourth-order valence-electron chi connectivity index (χ4n) is 1.89.